The number of hydrogen-bond acceptors (Lipinski definition) is 0. The molecule has 0 atom stereocenters. The van der Waals surface area contributed by atoms with Gasteiger partial charge in [-0.25, -0.2) is 0 Å². The first-order valence-corrected chi connectivity index (χ1v) is 0. The molecular formula is H8MoO4Rb2+2. The van der Waals surface area contributed by atoms with Crippen molar-refractivity contribution in [1.29, 1.82) is 0 Å². The molecule has 4 nitrogen and oxygen atoms in total. The zero-order valence-electron chi connectivity index (χ0n) is 4.41. The maximum absolute atomic E-state index is 0. The third kappa shape index (κ3) is 39.2. The van der Waals surface area contributed by atoms with Gasteiger partial charge in [-0.15, -0.1) is 0 Å². The Bertz CT molecular complexity index is 9.65. The van der Waals surface area contributed by atoms with Crippen molar-refractivity contribution in [2.75, 3.05) is 0 Å². The Kier molecular flexibility index (Phi) is 472. The maximum atomic E-state index is 0. The Labute approximate surface area is 154 Å². The first-order chi connectivity index (χ1) is 0. The SMILES string of the molecule is O.O.O.O.[Mo].[Rb+].[Rb+]. The van der Waals surface area contributed by atoms with Crippen molar-refractivity contribution in [3.8, 4) is 0 Å². The molecule has 0 rings (SSSR count). The topological polar surface area (TPSA) is 126 Å². The molecule has 0 spiro atoms. The van der Waals surface area contributed by atoms with Gasteiger partial charge in [-0.05, 0) is 0 Å². The van der Waals surface area contributed by atoms with Crippen LogP contribution < -0.4 is 116 Å². The van der Waals surface area contributed by atoms with Crippen LogP contribution in [0.25, 0.3) is 0 Å². The largest absolute Gasteiger partial charge is 1.00 e. The molecule has 0 fully saturated rings. The summed E-state index contributed by atoms with van der Waals surface area (Å²) in [4.78, 5) is 0. The Balaban J connectivity index is 0. The van der Waals surface area contributed by atoms with E-state index in [1.54, 1.807) is 0 Å². The van der Waals surface area contributed by atoms with Crippen molar-refractivity contribution >= 4 is 0 Å². The predicted octanol–water partition coefficient (Wildman–Crippen LogP) is -9.29. The molecule has 7 heteroatoms. The second-order valence-corrected chi connectivity index (χ2v) is 0. The van der Waals surface area contributed by atoms with Gasteiger partial charge in [0.1, 0.15) is 0 Å². The molecule has 0 amide bonds. The van der Waals surface area contributed by atoms with Crippen LogP contribution in [0.4, 0.5) is 0 Å². The summed E-state index contributed by atoms with van der Waals surface area (Å²) in [5.74, 6) is 0. The van der Waals surface area contributed by atoms with Crippen LogP contribution in [0.1, 0.15) is 0 Å². The van der Waals surface area contributed by atoms with Gasteiger partial charge in [0, 0.05) is 21.1 Å². The fraction of sp³-hybridized carbons (Fsp3) is 0. The van der Waals surface area contributed by atoms with Crippen molar-refractivity contribution in [2.45, 2.75) is 0 Å². The summed E-state index contributed by atoms with van der Waals surface area (Å²) < 4.78 is 0. The Morgan fingerprint density at radius 1 is 0.429 bits per heavy atom. The molecule has 0 saturated heterocycles. The van der Waals surface area contributed by atoms with Crippen molar-refractivity contribution in [3.05, 3.63) is 0 Å². The molecule has 0 aliphatic carbocycles. The van der Waals surface area contributed by atoms with E-state index >= 15 is 0 Å². The van der Waals surface area contributed by atoms with E-state index in [2.05, 4.69) is 0 Å². The molecule has 0 aromatic heterocycles. The van der Waals surface area contributed by atoms with Crippen LogP contribution in [0.15, 0.2) is 0 Å². The molecule has 8 N–H and O–H groups in total. The Hall–Kier alpha value is 4.14. The van der Waals surface area contributed by atoms with E-state index in [4.69, 9.17) is 0 Å². The Morgan fingerprint density at radius 2 is 0.429 bits per heavy atom. The average Bonchev–Trinajstić information content (AvgIpc) is 0. The second-order valence-electron chi connectivity index (χ2n) is 0. The van der Waals surface area contributed by atoms with Gasteiger partial charge >= 0.3 is 116 Å². The summed E-state index contributed by atoms with van der Waals surface area (Å²) in [5.41, 5.74) is 0. The molecule has 0 aromatic carbocycles. The zero-order valence-corrected chi connectivity index (χ0v) is 16.2. The van der Waals surface area contributed by atoms with Crippen LogP contribution in [0, 0.1) is 0 Å². The van der Waals surface area contributed by atoms with Crippen molar-refractivity contribution in [1.82, 2.24) is 0 Å². The summed E-state index contributed by atoms with van der Waals surface area (Å²) in [6, 6.07) is 0. The van der Waals surface area contributed by atoms with Gasteiger partial charge in [0.25, 0.3) is 0 Å². The van der Waals surface area contributed by atoms with Crippen LogP contribution in [-0.2, 0) is 21.1 Å². The summed E-state index contributed by atoms with van der Waals surface area (Å²) in [5, 5.41) is 0. The zero-order chi connectivity index (χ0) is 0. The van der Waals surface area contributed by atoms with Crippen LogP contribution >= 0.6 is 0 Å². The minimum atomic E-state index is 0. The van der Waals surface area contributed by atoms with Crippen molar-refractivity contribution in [3.63, 3.8) is 0 Å². The molecule has 0 bridgehead atoms. The van der Waals surface area contributed by atoms with E-state index in [1.807, 2.05) is 0 Å². The van der Waals surface area contributed by atoms with Gasteiger partial charge in [-0.3, -0.25) is 0 Å². The van der Waals surface area contributed by atoms with Gasteiger partial charge < -0.3 is 21.9 Å². The van der Waals surface area contributed by atoms with Crippen LogP contribution in [0.5, 0.6) is 0 Å². The van der Waals surface area contributed by atoms with E-state index in [-0.39, 0.29) is 159 Å². The van der Waals surface area contributed by atoms with E-state index in [0.717, 1.165) is 0 Å². The molecule has 38 valence electrons. The van der Waals surface area contributed by atoms with Crippen molar-refractivity contribution in [2.24, 2.45) is 0 Å². The summed E-state index contributed by atoms with van der Waals surface area (Å²) in [6.45, 7) is 0. The minimum absolute atomic E-state index is 0. The minimum Gasteiger partial charge on any atom is -0.412 e. The van der Waals surface area contributed by atoms with E-state index in [0.29, 0.717) is 0 Å². The summed E-state index contributed by atoms with van der Waals surface area (Å²) >= 11 is 0. The number of rotatable bonds is 0. The van der Waals surface area contributed by atoms with Crippen LogP contribution in [0.2, 0.25) is 0 Å². The monoisotopic (exact) mass is 340 g/mol. The standard InChI is InChI=1S/Mo.4H2O.2Rb/h;4*1H2;;/q;;;;;2*+1. The molecule has 7 heavy (non-hydrogen) atoms. The molecule has 0 saturated carbocycles. The molecule has 0 unspecified atom stereocenters. The van der Waals surface area contributed by atoms with Gasteiger partial charge in [0.15, 0.2) is 0 Å². The average molecular weight is 339 g/mol. The normalized spacial score (nSPS) is 0. The van der Waals surface area contributed by atoms with Gasteiger partial charge in [0.2, 0.25) is 0 Å². The van der Waals surface area contributed by atoms with E-state index in [1.165, 1.54) is 0 Å². The third-order valence-corrected chi connectivity index (χ3v) is 0. The van der Waals surface area contributed by atoms with Gasteiger partial charge in [0.05, 0.1) is 0 Å². The smallest absolute Gasteiger partial charge is 0.412 e. The molecule has 0 radical (unpaired) electrons. The first kappa shape index (κ1) is 66.8. The summed E-state index contributed by atoms with van der Waals surface area (Å²) in [6.07, 6.45) is 0. The molecule has 0 aliphatic heterocycles. The fourth-order valence-electron chi connectivity index (χ4n) is 0. The predicted molar refractivity (Wildman–Crippen MR) is 14.5 cm³/mol. The molecule has 0 aromatic rings. The quantitative estimate of drug-likeness (QED) is 0.389. The Morgan fingerprint density at radius 3 is 0.429 bits per heavy atom. The molecule has 0 aliphatic rings. The van der Waals surface area contributed by atoms with E-state index in [9.17, 15) is 0 Å². The summed E-state index contributed by atoms with van der Waals surface area (Å²) in [7, 11) is 0. The first-order valence-electron chi connectivity index (χ1n) is 0. The molecular weight excluding hydrogens is 331 g/mol. The van der Waals surface area contributed by atoms with Crippen LogP contribution in [-0.4, -0.2) is 21.9 Å². The van der Waals surface area contributed by atoms with E-state index < -0.39 is 0 Å². The third-order valence-electron chi connectivity index (χ3n) is 0. The number of hydrogen-bond donors (Lipinski definition) is 0. The van der Waals surface area contributed by atoms with Crippen LogP contribution in [0.3, 0.4) is 0 Å². The van der Waals surface area contributed by atoms with Crippen molar-refractivity contribution < 1.29 is 159 Å². The van der Waals surface area contributed by atoms with Gasteiger partial charge in [-0.2, -0.15) is 0 Å². The van der Waals surface area contributed by atoms with Gasteiger partial charge in [-0.1, -0.05) is 0 Å². The maximum Gasteiger partial charge on any atom is 1.00 e. The molecule has 0 heterocycles. The second kappa shape index (κ2) is 49.4. The fourth-order valence-corrected chi connectivity index (χ4v) is 0.